The standard InChI is InChI=1S/C24H28N4O4/c1-15-12-28(21-19(29)13-32-22(15)21)24(31)20(16-5-2-3-6-16)26-23(30)17-7-4-8-18(11-17)27-10-9-25-14-27/h4,7-11,14-16,20-22H,2-3,5-6,12-13H2,1H3,(H,26,30)/t15-,20+,21-,22-/m1/s1. The number of benzene rings is 1. The second-order valence-corrected chi connectivity index (χ2v) is 9.17. The lowest BCUT2D eigenvalue weighted by atomic mass is 9.95. The van der Waals surface area contributed by atoms with Gasteiger partial charge in [-0.25, -0.2) is 4.98 Å². The number of ether oxygens (including phenoxy) is 1. The van der Waals surface area contributed by atoms with Gasteiger partial charge >= 0.3 is 0 Å². The average Bonchev–Trinajstić information content (AvgIpc) is 3.59. The number of aromatic nitrogens is 2. The number of fused-ring (bicyclic) bond motifs is 1. The lowest BCUT2D eigenvalue weighted by molar-refractivity contribution is -0.139. The minimum absolute atomic E-state index is 0.0442. The Labute approximate surface area is 186 Å². The SMILES string of the molecule is C[C@@H]1CN(C(=O)[C@@H](NC(=O)c2cccc(-n3ccnc3)c2)C2CCCC2)[C@@H]2C(=O)CO[C@H]12. The fraction of sp³-hybridized carbons (Fsp3) is 0.500. The van der Waals surface area contributed by atoms with Gasteiger partial charge < -0.3 is 19.5 Å². The van der Waals surface area contributed by atoms with Gasteiger partial charge in [0.15, 0.2) is 5.78 Å². The van der Waals surface area contributed by atoms with Crippen molar-refractivity contribution in [2.45, 2.75) is 50.8 Å². The highest BCUT2D eigenvalue weighted by atomic mass is 16.5. The van der Waals surface area contributed by atoms with Crippen LogP contribution in [0.25, 0.3) is 5.69 Å². The van der Waals surface area contributed by atoms with Crippen molar-refractivity contribution in [3.8, 4) is 5.69 Å². The molecule has 3 heterocycles. The molecule has 0 bridgehead atoms. The highest BCUT2D eigenvalue weighted by Crippen LogP contribution is 2.34. The molecule has 1 saturated carbocycles. The van der Waals surface area contributed by atoms with Crippen LogP contribution in [0.3, 0.4) is 0 Å². The third-order valence-electron chi connectivity index (χ3n) is 7.06. The van der Waals surface area contributed by atoms with E-state index < -0.39 is 12.1 Å². The van der Waals surface area contributed by atoms with E-state index in [1.54, 1.807) is 29.6 Å². The number of rotatable bonds is 5. The fourth-order valence-electron chi connectivity index (χ4n) is 5.41. The zero-order chi connectivity index (χ0) is 22.2. The van der Waals surface area contributed by atoms with Crippen LogP contribution in [0.1, 0.15) is 43.0 Å². The van der Waals surface area contributed by atoms with Gasteiger partial charge in [0.1, 0.15) is 18.7 Å². The van der Waals surface area contributed by atoms with Gasteiger partial charge in [-0.15, -0.1) is 0 Å². The van der Waals surface area contributed by atoms with Gasteiger partial charge in [0.25, 0.3) is 5.91 Å². The van der Waals surface area contributed by atoms with Crippen LogP contribution in [0.4, 0.5) is 0 Å². The van der Waals surface area contributed by atoms with Crippen molar-refractivity contribution < 1.29 is 19.1 Å². The first kappa shape index (κ1) is 20.9. The highest BCUT2D eigenvalue weighted by Gasteiger charge is 2.52. The molecule has 3 aliphatic rings. The van der Waals surface area contributed by atoms with E-state index in [0.29, 0.717) is 12.1 Å². The summed E-state index contributed by atoms with van der Waals surface area (Å²) in [6.07, 6.45) is 8.82. The van der Waals surface area contributed by atoms with Gasteiger partial charge in [-0.05, 0) is 37.0 Å². The van der Waals surface area contributed by atoms with E-state index in [1.165, 1.54) is 0 Å². The first-order valence-electron chi connectivity index (χ1n) is 11.4. The molecular weight excluding hydrogens is 408 g/mol. The number of likely N-dealkylation sites (tertiary alicyclic amines) is 1. The molecule has 8 heteroatoms. The van der Waals surface area contributed by atoms with Crippen LogP contribution in [0.2, 0.25) is 0 Å². The van der Waals surface area contributed by atoms with E-state index in [2.05, 4.69) is 10.3 Å². The number of hydrogen-bond acceptors (Lipinski definition) is 5. The molecule has 8 nitrogen and oxygen atoms in total. The summed E-state index contributed by atoms with van der Waals surface area (Å²) in [6.45, 7) is 2.55. The summed E-state index contributed by atoms with van der Waals surface area (Å²) in [6, 6.07) is 6.08. The summed E-state index contributed by atoms with van der Waals surface area (Å²) >= 11 is 0. The minimum atomic E-state index is -0.638. The molecule has 0 spiro atoms. The molecule has 3 fully saturated rings. The first-order chi connectivity index (χ1) is 15.5. The van der Waals surface area contributed by atoms with Gasteiger partial charge in [-0.1, -0.05) is 25.8 Å². The van der Waals surface area contributed by atoms with Gasteiger partial charge in [0.05, 0.1) is 12.4 Å². The second kappa shape index (κ2) is 8.50. The van der Waals surface area contributed by atoms with E-state index in [4.69, 9.17) is 4.74 Å². The number of nitrogens with zero attached hydrogens (tertiary/aromatic N) is 3. The van der Waals surface area contributed by atoms with Crippen molar-refractivity contribution in [2.75, 3.05) is 13.2 Å². The summed E-state index contributed by atoms with van der Waals surface area (Å²) in [5, 5.41) is 3.03. The zero-order valence-electron chi connectivity index (χ0n) is 18.1. The smallest absolute Gasteiger partial charge is 0.252 e. The highest BCUT2D eigenvalue weighted by molar-refractivity contribution is 5.99. The van der Waals surface area contributed by atoms with Gasteiger partial charge in [-0.3, -0.25) is 14.4 Å². The Kier molecular flexibility index (Phi) is 5.55. The lowest BCUT2D eigenvalue weighted by Gasteiger charge is -2.30. The molecule has 1 aromatic carbocycles. The molecule has 32 heavy (non-hydrogen) atoms. The van der Waals surface area contributed by atoms with Crippen LogP contribution >= 0.6 is 0 Å². The molecule has 168 valence electrons. The number of hydrogen-bond donors (Lipinski definition) is 1. The number of Topliss-reactive ketones (excluding diaryl/α,β-unsaturated/α-hetero) is 1. The van der Waals surface area contributed by atoms with Crippen LogP contribution in [0.5, 0.6) is 0 Å². The molecule has 2 aliphatic heterocycles. The number of amides is 2. The van der Waals surface area contributed by atoms with Crippen LogP contribution in [0, 0.1) is 11.8 Å². The van der Waals surface area contributed by atoms with E-state index >= 15 is 0 Å². The molecule has 1 aromatic heterocycles. The second-order valence-electron chi connectivity index (χ2n) is 9.17. The topological polar surface area (TPSA) is 93.5 Å². The van der Waals surface area contributed by atoms with Gasteiger partial charge in [0, 0.05) is 36.1 Å². The van der Waals surface area contributed by atoms with Gasteiger partial charge in [-0.2, -0.15) is 0 Å². The molecule has 2 saturated heterocycles. The summed E-state index contributed by atoms with van der Waals surface area (Å²) < 4.78 is 7.48. The third kappa shape index (κ3) is 3.72. The Morgan fingerprint density at radius 2 is 2.06 bits per heavy atom. The monoisotopic (exact) mass is 436 g/mol. The van der Waals surface area contributed by atoms with Crippen LogP contribution in [0.15, 0.2) is 43.0 Å². The molecule has 1 aliphatic carbocycles. The maximum absolute atomic E-state index is 13.7. The molecule has 2 aromatic rings. The van der Waals surface area contributed by atoms with Crippen molar-refractivity contribution in [2.24, 2.45) is 11.8 Å². The fourth-order valence-corrected chi connectivity index (χ4v) is 5.41. The first-order valence-corrected chi connectivity index (χ1v) is 11.4. The van der Waals surface area contributed by atoms with E-state index in [1.807, 2.05) is 29.8 Å². The van der Waals surface area contributed by atoms with Crippen molar-refractivity contribution in [1.29, 1.82) is 0 Å². The Bertz CT molecular complexity index is 1010. The summed E-state index contributed by atoms with van der Waals surface area (Å²) in [5.41, 5.74) is 1.31. The van der Waals surface area contributed by atoms with Crippen LogP contribution in [-0.2, 0) is 14.3 Å². The molecular formula is C24H28N4O4. The normalized spacial score (nSPS) is 26.3. The molecule has 0 radical (unpaired) electrons. The molecule has 1 N–H and O–H groups in total. The van der Waals surface area contributed by atoms with Crippen molar-refractivity contribution in [1.82, 2.24) is 19.8 Å². The predicted octanol–water partition coefficient (Wildman–Crippen LogP) is 1.98. The van der Waals surface area contributed by atoms with Crippen LogP contribution < -0.4 is 5.32 Å². The number of carbonyl (C=O) groups excluding carboxylic acids is 3. The van der Waals surface area contributed by atoms with Gasteiger partial charge in [0.2, 0.25) is 5.91 Å². The average molecular weight is 437 g/mol. The van der Waals surface area contributed by atoms with Crippen LogP contribution in [-0.4, -0.2) is 63.4 Å². The van der Waals surface area contributed by atoms with E-state index in [9.17, 15) is 14.4 Å². The van der Waals surface area contributed by atoms with E-state index in [-0.39, 0.29) is 42.1 Å². The molecule has 2 amide bonds. The number of carbonyl (C=O) groups is 3. The minimum Gasteiger partial charge on any atom is -0.367 e. The third-order valence-corrected chi connectivity index (χ3v) is 7.06. The van der Waals surface area contributed by atoms with Crippen molar-refractivity contribution >= 4 is 17.6 Å². The summed E-state index contributed by atoms with van der Waals surface area (Å²) in [5.74, 6) is -0.307. The number of imidazole rings is 1. The maximum Gasteiger partial charge on any atom is 0.252 e. The Hall–Kier alpha value is -3.00. The molecule has 4 atom stereocenters. The predicted molar refractivity (Wildman–Crippen MR) is 116 cm³/mol. The summed E-state index contributed by atoms with van der Waals surface area (Å²) in [7, 11) is 0. The Morgan fingerprint density at radius 3 is 2.81 bits per heavy atom. The lowest BCUT2D eigenvalue weighted by Crippen LogP contribution is -2.54. The summed E-state index contributed by atoms with van der Waals surface area (Å²) in [4.78, 5) is 45.0. The zero-order valence-corrected chi connectivity index (χ0v) is 18.1. The molecule has 5 rings (SSSR count). The Balaban J connectivity index is 1.38. The quantitative estimate of drug-likeness (QED) is 0.774. The van der Waals surface area contributed by atoms with E-state index in [0.717, 1.165) is 31.4 Å². The Morgan fingerprint density at radius 1 is 1.25 bits per heavy atom. The maximum atomic E-state index is 13.7. The number of nitrogens with one attached hydrogen (secondary N) is 1. The number of ketones is 1. The largest absolute Gasteiger partial charge is 0.367 e. The van der Waals surface area contributed by atoms with Crippen molar-refractivity contribution in [3.63, 3.8) is 0 Å². The van der Waals surface area contributed by atoms with Crippen molar-refractivity contribution in [3.05, 3.63) is 48.5 Å². The molecule has 0 unspecified atom stereocenters.